The third-order valence-electron chi connectivity index (χ3n) is 2.69. The number of hydrazine groups is 1. The molecule has 0 aliphatic carbocycles. The highest BCUT2D eigenvalue weighted by Gasteiger charge is 2.39. The molecule has 0 radical (unpaired) electrons. The second kappa shape index (κ2) is 2.19. The summed E-state index contributed by atoms with van der Waals surface area (Å²) in [5.74, 6) is 5.73. The van der Waals surface area contributed by atoms with Crippen molar-refractivity contribution in [1.82, 2.24) is 10.3 Å². The lowest BCUT2D eigenvalue weighted by Crippen LogP contribution is -2.62. The summed E-state index contributed by atoms with van der Waals surface area (Å²) in [5, 5.41) is 5.27. The Morgan fingerprint density at radius 2 is 2.20 bits per heavy atom. The predicted octanol–water partition coefficient (Wildman–Crippen LogP) is -0.455. The van der Waals surface area contributed by atoms with Crippen LogP contribution in [0.3, 0.4) is 0 Å². The maximum atomic E-state index is 5.73. The molecular formula is C7H15N3. The number of nitrogens with one attached hydrogen (secondary N) is 1. The summed E-state index contributed by atoms with van der Waals surface area (Å²) in [4.78, 5) is 0. The summed E-state index contributed by atoms with van der Waals surface area (Å²) in [5.41, 5.74) is 0.562. The molecule has 0 atom stereocenters. The van der Waals surface area contributed by atoms with E-state index < -0.39 is 0 Å². The molecule has 2 heterocycles. The summed E-state index contributed by atoms with van der Waals surface area (Å²) < 4.78 is 0. The number of nitrogens with zero attached hydrogens (tertiary/aromatic N) is 1. The molecule has 3 nitrogen and oxygen atoms in total. The Morgan fingerprint density at radius 1 is 1.40 bits per heavy atom. The Bertz CT molecular complexity index is 131. The van der Waals surface area contributed by atoms with Gasteiger partial charge in [0.2, 0.25) is 0 Å². The molecule has 2 fully saturated rings. The average molecular weight is 141 g/mol. The van der Waals surface area contributed by atoms with Crippen LogP contribution in [0.5, 0.6) is 0 Å². The SMILES string of the molecule is NN1CCCC2(CNC2)C1. The monoisotopic (exact) mass is 141 g/mol. The Balaban J connectivity index is 1.96. The lowest BCUT2D eigenvalue weighted by atomic mass is 9.75. The van der Waals surface area contributed by atoms with Crippen LogP contribution < -0.4 is 11.2 Å². The first-order valence-corrected chi connectivity index (χ1v) is 4.01. The van der Waals surface area contributed by atoms with E-state index in [1.54, 1.807) is 0 Å². The van der Waals surface area contributed by atoms with Crippen LogP contribution in [0.1, 0.15) is 12.8 Å². The maximum Gasteiger partial charge on any atom is 0.0209 e. The second-order valence-corrected chi connectivity index (χ2v) is 3.68. The van der Waals surface area contributed by atoms with Gasteiger partial charge in [0.1, 0.15) is 0 Å². The molecule has 0 aromatic rings. The van der Waals surface area contributed by atoms with Crippen LogP contribution in [0.25, 0.3) is 0 Å². The van der Waals surface area contributed by atoms with E-state index in [9.17, 15) is 0 Å². The van der Waals surface area contributed by atoms with Gasteiger partial charge in [-0.15, -0.1) is 0 Å². The highest BCUT2D eigenvalue weighted by molar-refractivity contribution is 4.95. The number of piperidine rings is 1. The van der Waals surface area contributed by atoms with Crippen LogP contribution in [0.4, 0.5) is 0 Å². The highest BCUT2D eigenvalue weighted by atomic mass is 15.4. The Labute approximate surface area is 61.5 Å². The Hall–Kier alpha value is -0.120. The number of hydrogen-bond acceptors (Lipinski definition) is 3. The van der Waals surface area contributed by atoms with E-state index in [0.29, 0.717) is 5.41 Å². The summed E-state index contributed by atoms with van der Waals surface area (Å²) >= 11 is 0. The molecule has 10 heavy (non-hydrogen) atoms. The molecule has 58 valence electrons. The van der Waals surface area contributed by atoms with Crippen LogP contribution in [-0.4, -0.2) is 31.2 Å². The molecule has 0 aromatic carbocycles. The maximum absolute atomic E-state index is 5.73. The van der Waals surface area contributed by atoms with Gasteiger partial charge in [-0.2, -0.15) is 0 Å². The van der Waals surface area contributed by atoms with Crippen molar-refractivity contribution in [3.8, 4) is 0 Å². The lowest BCUT2D eigenvalue weighted by Gasteiger charge is -2.48. The number of rotatable bonds is 0. The zero-order chi connectivity index (χ0) is 7.03. The number of nitrogens with two attached hydrogens (primary N) is 1. The summed E-state index contributed by atoms with van der Waals surface area (Å²) in [6.45, 7) is 4.54. The van der Waals surface area contributed by atoms with E-state index in [0.717, 1.165) is 13.1 Å². The van der Waals surface area contributed by atoms with E-state index in [1.807, 2.05) is 5.01 Å². The topological polar surface area (TPSA) is 41.3 Å². The molecule has 0 unspecified atom stereocenters. The molecule has 1 spiro atoms. The van der Waals surface area contributed by atoms with Crippen molar-refractivity contribution < 1.29 is 0 Å². The predicted molar refractivity (Wildman–Crippen MR) is 40.3 cm³/mol. The van der Waals surface area contributed by atoms with Gasteiger partial charge in [0.05, 0.1) is 0 Å². The lowest BCUT2D eigenvalue weighted by molar-refractivity contribution is 0.0416. The minimum absolute atomic E-state index is 0.562. The molecule has 2 rings (SSSR count). The fourth-order valence-electron chi connectivity index (χ4n) is 2.01. The summed E-state index contributed by atoms with van der Waals surface area (Å²) in [6, 6.07) is 0. The van der Waals surface area contributed by atoms with E-state index in [1.165, 1.54) is 25.9 Å². The summed E-state index contributed by atoms with van der Waals surface area (Å²) in [6.07, 6.45) is 2.64. The van der Waals surface area contributed by atoms with Gasteiger partial charge in [0.15, 0.2) is 0 Å². The van der Waals surface area contributed by atoms with Crippen molar-refractivity contribution in [2.45, 2.75) is 12.8 Å². The van der Waals surface area contributed by atoms with Gasteiger partial charge in [-0.1, -0.05) is 0 Å². The molecule has 3 heteroatoms. The first kappa shape index (κ1) is 6.58. The first-order chi connectivity index (χ1) is 4.81. The standard InChI is InChI=1S/C7H15N3/c8-10-3-1-2-7(6-10)4-9-5-7/h9H,1-6,8H2. The molecule has 0 bridgehead atoms. The smallest absolute Gasteiger partial charge is 0.0209 e. The number of hydrogen-bond donors (Lipinski definition) is 2. The third kappa shape index (κ3) is 0.944. The van der Waals surface area contributed by atoms with Crippen molar-refractivity contribution in [2.24, 2.45) is 11.3 Å². The van der Waals surface area contributed by atoms with Gasteiger partial charge in [0.25, 0.3) is 0 Å². The molecule has 2 aliphatic rings. The minimum Gasteiger partial charge on any atom is -0.315 e. The molecule has 3 N–H and O–H groups in total. The Kier molecular flexibility index (Phi) is 1.44. The van der Waals surface area contributed by atoms with Crippen LogP contribution in [-0.2, 0) is 0 Å². The summed E-state index contributed by atoms with van der Waals surface area (Å²) in [7, 11) is 0. The first-order valence-electron chi connectivity index (χ1n) is 4.01. The zero-order valence-corrected chi connectivity index (χ0v) is 6.27. The largest absolute Gasteiger partial charge is 0.315 e. The van der Waals surface area contributed by atoms with Gasteiger partial charge in [-0.25, -0.2) is 5.01 Å². The Morgan fingerprint density at radius 3 is 2.60 bits per heavy atom. The zero-order valence-electron chi connectivity index (χ0n) is 6.27. The second-order valence-electron chi connectivity index (χ2n) is 3.68. The van der Waals surface area contributed by atoms with Crippen LogP contribution in [0.15, 0.2) is 0 Å². The minimum atomic E-state index is 0.562. The molecule has 2 aliphatic heterocycles. The van der Waals surface area contributed by atoms with Gasteiger partial charge in [-0.05, 0) is 12.8 Å². The van der Waals surface area contributed by atoms with E-state index in [4.69, 9.17) is 5.84 Å². The van der Waals surface area contributed by atoms with Crippen molar-refractivity contribution in [2.75, 3.05) is 26.2 Å². The van der Waals surface area contributed by atoms with Crippen LogP contribution in [0.2, 0.25) is 0 Å². The molecule has 0 aromatic heterocycles. The fraction of sp³-hybridized carbons (Fsp3) is 1.00. The quantitative estimate of drug-likeness (QED) is 0.449. The van der Waals surface area contributed by atoms with Crippen molar-refractivity contribution in [3.05, 3.63) is 0 Å². The van der Waals surface area contributed by atoms with Gasteiger partial charge >= 0.3 is 0 Å². The van der Waals surface area contributed by atoms with Crippen molar-refractivity contribution >= 4 is 0 Å². The molecular weight excluding hydrogens is 126 g/mol. The van der Waals surface area contributed by atoms with E-state index in [-0.39, 0.29) is 0 Å². The van der Waals surface area contributed by atoms with Crippen LogP contribution in [0, 0.1) is 5.41 Å². The average Bonchev–Trinajstić information content (AvgIpc) is 1.85. The van der Waals surface area contributed by atoms with Gasteiger partial charge in [-0.3, -0.25) is 5.84 Å². The van der Waals surface area contributed by atoms with Gasteiger partial charge in [0, 0.05) is 31.6 Å². The van der Waals surface area contributed by atoms with Crippen molar-refractivity contribution in [1.29, 1.82) is 0 Å². The van der Waals surface area contributed by atoms with E-state index in [2.05, 4.69) is 5.32 Å². The molecule has 2 saturated heterocycles. The van der Waals surface area contributed by atoms with Gasteiger partial charge < -0.3 is 5.32 Å². The van der Waals surface area contributed by atoms with E-state index >= 15 is 0 Å². The molecule has 0 amide bonds. The normalized spacial score (nSPS) is 32.1. The fourth-order valence-corrected chi connectivity index (χ4v) is 2.01. The third-order valence-corrected chi connectivity index (χ3v) is 2.69. The van der Waals surface area contributed by atoms with Crippen molar-refractivity contribution in [3.63, 3.8) is 0 Å². The van der Waals surface area contributed by atoms with Crippen LogP contribution >= 0.6 is 0 Å². The highest BCUT2D eigenvalue weighted by Crippen LogP contribution is 2.31. The molecule has 0 saturated carbocycles.